The topological polar surface area (TPSA) is 200 Å². The third-order valence-corrected chi connectivity index (χ3v) is 4.94. The molecule has 1 saturated heterocycles. The molecule has 0 aliphatic carbocycles. The number of hydrogen-bond donors (Lipinski definition) is 1. The summed E-state index contributed by atoms with van der Waals surface area (Å²) >= 11 is 0. The minimum atomic E-state index is -1.49. The van der Waals surface area contributed by atoms with E-state index in [0.29, 0.717) is 0 Å². The first kappa shape index (κ1) is 25.5. The maximum atomic E-state index is 12.4. The highest BCUT2D eigenvalue weighted by Crippen LogP contribution is 2.35. The Labute approximate surface area is 196 Å². The van der Waals surface area contributed by atoms with Gasteiger partial charge in [0.25, 0.3) is 5.56 Å². The molecule has 1 N–H and O–H groups in total. The number of aromatic amines is 1. The summed E-state index contributed by atoms with van der Waals surface area (Å²) in [6, 6.07) is 0. The van der Waals surface area contributed by atoms with E-state index in [4.69, 9.17) is 23.7 Å². The lowest BCUT2D eigenvalue weighted by Gasteiger charge is -2.44. The number of carbonyl (C=O) groups is 4. The summed E-state index contributed by atoms with van der Waals surface area (Å²) in [6.07, 6.45) is -7.05. The fourth-order valence-electron chi connectivity index (χ4n) is 3.57. The molecule has 0 spiro atoms. The maximum absolute atomic E-state index is 12.4. The number of H-pyrrole nitrogens is 1. The number of rotatable bonds is 6. The van der Waals surface area contributed by atoms with Crippen molar-refractivity contribution in [3.8, 4) is 0 Å². The van der Waals surface area contributed by atoms with E-state index in [9.17, 15) is 28.8 Å². The van der Waals surface area contributed by atoms with Crippen LogP contribution in [0.25, 0.3) is 11.2 Å². The number of esters is 4. The van der Waals surface area contributed by atoms with E-state index >= 15 is 0 Å². The molecule has 16 heteroatoms. The SMILES string of the molecule is CC(=O)OC[C@H]1O[C@@H](n2nnc3c(=O)n(C)c(=O)[nH]c32)[C@@H](OC(C)=O)[C@@H](OC(C)=O)[C@H]1OC(C)=O. The highest BCUT2D eigenvalue weighted by atomic mass is 16.7. The van der Waals surface area contributed by atoms with Gasteiger partial charge < -0.3 is 23.7 Å². The minimum Gasteiger partial charge on any atom is -0.463 e. The van der Waals surface area contributed by atoms with Crippen molar-refractivity contribution >= 4 is 35.0 Å². The molecule has 0 saturated carbocycles. The van der Waals surface area contributed by atoms with E-state index < -0.39 is 72.4 Å². The van der Waals surface area contributed by atoms with E-state index in [-0.39, 0.29) is 11.2 Å². The molecular weight excluding hydrogens is 474 g/mol. The van der Waals surface area contributed by atoms with Crippen LogP contribution in [0.2, 0.25) is 0 Å². The summed E-state index contributed by atoms with van der Waals surface area (Å²) in [5.41, 5.74) is -1.98. The van der Waals surface area contributed by atoms with Crippen LogP contribution in [-0.2, 0) is 49.9 Å². The number of carbonyl (C=O) groups excluding carboxylic acids is 4. The molecule has 0 bridgehead atoms. The molecular formula is C19H23N5O11. The van der Waals surface area contributed by atoms with Gasteiger partial charge in [-0.1, -0.05) is 5.21 Å². The van der Waals surface area contributed by atoms with Crippen molar-refractivity contribution in [3.63, 3.8) is 0 Å². The van der Waals surface area contributed by atoms with Crippen LogP contribution >= 0.6 is 0 Å². The summed E-state index contributed by atoms with van der Waals surface area (Å²) in [7, 11) is 1.23. The molecule has 2 aromatic heterocycles. The van der Waals surface area contributed by atoms with Crippen LogP contribution in [0.1, 0.15) is 33.9 Å². The molecule has 1 aliphatic rings. The van der Waals surface area contributed by atoms with Gasteiger partial charge in [0, 0.05) is 34.7 Å². The zero-order valence-corrected chi connectivity index (χ0v) is 19.4. The van der Waals surface area contributed by atoms with E-state index in [1.165, 1.54) is 7.05 Å². The molecule has 5 atom stereocenters. The highest BCUT2D eigenvalue weighted by Gasteiger charge is 2.53. The zero-order chi connectivity index (χ0) is 26.0. The predicted octanol–water partition coefficient (Wildman–Crippen LogP) is -1.93. The van der Waals surface area contributed by atoms with Gasteiger partial charge >= 0.3 is 29.6 Å². The van der Waals surface area contributed by atoms with Crippen molar-refractivity contribution in [1.29, 1.82) is 0 Å². The second-order valence-electron chi connectivity index (χ2n) is 7.62. The fourth-order valence-corrected chi connectivity index (χ4v) is 3.57. The second kappa shape index (κ2) is 10.0. The van der Waals surface area contributed by atoms with Gasteiger partial charge in [-0.3, -0.25) is 33.5 Å². The smallest absolute Gasteiger partial charge is 0.329 e. The Balaban J connectivity index is 2.20. The predicted molar refractivity (Wildman–Crippen MR) is 111 cm³/mol. The van der Waals surface area contributed by atoms with Crippen molar-refractivity contribution in [2.75, 3.05) is 6.61 Å². The highest BCUT2D eigenvalue weighted by molar-refractivity contribution is 5.69. The van der Waals surface area contributed by atoms with Crippen LogP contribution in [-0.4, -0.2) is 79.4 Å². The quantitative estimate of drug-likeness (QED) is 0.342. The largest absolute Gasteiger partial charge is 0.463 e. The monoisotopic (exact) mass is 497 g/mol. The van der Waals surface area contributed by atoms with Crippen molar-refractivity contribution < 1.29 is 42.9 Å². The number of aromatic nitrogens is 5. The normalized spacial score (nSPS) is 24.0. The summed E-state index contributed by atoms with van der Waals surface area (Å²) in [6.45, 7) is 3.92. The van der Waals surface area contributed by atoms with Gasteiger partial charge in [-0.2, -0.15) is 4.68 Å². The third-order valence-electron chi connectivity index (χ3n) is 4.94. The maximum Gasteiger partial charge on any atom is 0.329 e. The summed E-state index contributed by atoms with van der Waals surface area (Å²) in [5.74, 6) is -3.11. The van der Waals surface area contributed by atoms with Crippen LogP contribution in [0, 0.1) is 0 Å². The first-order valence-electron chi connectivity index (χ1n) is 10.2. The molecule has 0 amide bonds. The van der Waals surface area contributed by atoms with Gasteiger partial charge in [0.2, 0.25) is 0 Å². The van der Waals surface area contributed by atoms with Crippen LogP contribution in [0.15, 0.2) is 9.59 Å². The van der Waals surface area contributed by atoms with E-state index in [1.807, 2.05) is 0 Å². The van der Waals surface area contributed by atoms with Crippen LogP contribution < -0.4 is 11.2 Å². The lowest BCUT2D eigenvalue weighted by atomic mass is 9.97. The average molecular weight is 497 g/mol. The summed E-state index contributed by atoms with van der Waals surface area (Å²) in [4.78, 5) is 74.2. The van der Waals surface area contributed by atoms with Gasteiger partial charge in [0.1, 0.15) is 12.7 Å². The van der Waals surface area contributed by atoms with E-state index in [1.54, 1.807) is 0 Å². The van der Waals surface area contributed by atoms with Crippen LogP contribution in [0.3, 0.4) is 0 Å². The molecule has 1 fully saturated rings. The fraction of sp³-hybridized carbons (Fsp3) is 0.579. The zero-order valence-electron chi connectivity index (χ0n) is 19.4. The Bertz CT molecular complexity index is 1280. The molecule has 1 aliphatic heterocycles. The first-order chi connectivity index (χ1) is 16.4. The number of nitrogens with zero attached hydrogens (tertiary/aromatic N) is 4. The molecule has 190 valence electrons. The van der Waals surface area contributed by atoms with Crippen LogP contribution in [0.5, 0.6) is 0 Å². The Morgan fingerprint density at radius 3 is 2.06 bits per heavy atom. The Hall–Kier alpha value is -4.08. The molecule has 2 aromatic rings. The Morgan fingerprint density at radius 2 is 1.49 bits per heavy atom. The second-order valence-corrected chi connectivity index (χ2v) is 7.62. The Morgan fingerprint density at radius 1 is 0.914 bits per heavy atom. The van der Waals surface area contributed by atoms with E-state index in [2.05, 4.69) is 15.3 Å². The van der Waals surface area contributed by atoms with Gasteiger partial charge in [-0.05, 0) is 0 Å². The van der Waals surface area contributed by atoms with E-state index in [0.717, 1.165) is 36.9 Å². The summed E-state index contributed by atoms with van der Waals surface area (Å²) < 4.78 is 28.7. The molecule has 0 unspecified atom stereocenters. The summed E-state index contributed by atoms with van der Waals surface area (Å²) in [5, 5.41) is 7.63. The lowest BCUT2D eigenvalue weighted by Crippen LogP contribution is -2.60. The molecule has 0 aromatic carbocycles. The van der Waals surface area contributed by atoms with Crippen LogP contribution in [0.4, 0.5) is 0 Å². The van der Waals surface area contributed by atoms with Gasteiger partial charge in [-0.15, -0.1) is 5.10 Å². The standard InChI is InChI=1S/C19H23N5O11/c1-7(25)31-6-11-13(32-8(2)26)14(33-9(3)27)15(34-10(4)28)18(35-11)24-16-12(21-22-24)17(29)23(5)19(30)20-16/h11,13-15,18H,6H2,1-5H3,(H,20,30)/t11-,13+,14+,15+,18-/m1/s1. The number of nitrogens with one attached hydrogen (secondary N) is 1. The molecule has 3 rings (SSSR count). The van der Waals surface area contributed by atoms with Gasteiger partial charge in [-0.25, -0.2) is 4.79 Å². The average Bonchev–Trinajstić information content (AvgIpc) is 3.16. The molecule has 16 nitrogen and oxygen atoms in total. The molecule has 0 radical (unpaired) electrons. The lowest BCUT2D eigenvalue weighted by molar-refractivity contribution is -0.269. The number of fused-ring (bicyclic) bond motifs is 1. The molecule has 35 heavy (non-hydrogen) atoms. The minimum absolute atomic E-state index is 0.181. The van der Waals surface area contributed by atoms with Crippen molar-refractivity contribution in [2.24, 2.45) is 7.05 Å². The van der Waals surface area contributed by atoms with Crippen molar-refractivity contribution in [3.05, 3.63) is 20.8 Å². The molecule has 3 heterocycles. The Kier molecular flexibility index (Phi) is 7.33. The van der Waals surface area contributed by atoms with Gasteiger partial charge in [0.15, 0.2) is 35.7 Å². The number of hydrogen-bond acceptors (Lipinski definition) is 13. The van der Waals surface area contributed by atoms with Crippen molar-refractivity contribution in [1.82, 2.24) is 24.5 Å². The third kappa shape index (κ3) is 5.37. The number of ether oxygens (including phenoxy) is 5. The van der Waals surface area contributed by atoms with Crippen molar-refractivity contribution in [2.45, 2.75) is 58.3 Å². The first-order valence-corrected chi connectivity index (χ1v) is 10.2. The van der Waals surface area contributed by atoms with Gasteiger partial charge in [0.05, 0.1) is 0 Å².